The van der Waals surface area contributed by atoms with Gasteiger partial charge in [-0.2, -0.15) is 0 Å². The number of hydrogen-bond acceptors (Lipinski definition) is 3. The van der Waals surface area contributed by atoms with Crippen molar-refractivity contribution >= 4 is 0 Å². The van der Waals surface area contributed by atoms with Crippen LogP contribution in [0.4, 0.5) is 0 Å². The molecule has 1 saturated carbocycles. The van der Waals surface area contributed by atoms with E-state index in [9.17, 15) is 0 Å². The highest BCUT2D eigenvalue weighted by molar-refractivity contribution is 4.90. The Morgan fingerprint density at radius 3 is 2.44 bits per heavy atom. The molecule has 16 heavy (non-hydrogen) atoms. The van der Waals surface area contributed by atoms with E-state index in [1.54, 1.807) is 0 Å². The van der Waals surface area contributed by atoms with Gasteiger partial charge in [0.25, 0.3) is 0 Å². The second kappa shape index (κ2) is 5.48. The first-order chi connectivity index (χ1) is 7.78. The topological polar surface area (TPSA) is 44.5 Å². The first-order valence-electron chi connectivity index (χ1n) is 6.73. The summed E-state index contributed by atoms with van der Waals surface area (Å²) in [7, 11) is 0. The summed E-state index contributed by atoms with van der Waals surface area (Å²) < 4.78 is 11.3. The molecule has 0 spiro atoms. The molecular formula is C13H25NO2. The van der Waals surface area contributed by atoms with Gasteiger partial charge in [0, 0.05) is 6.54 Å². The van der Waals surface area contributed by atoms with Gasteiger partial charge in [-0.15, -0.1) is 0 Å². The fourth-order valence-electron chi connectivity index (χ4n) is 2.91. The molecule has 0 amide bonds. The van der Waals surface area contributed by atoms with Crippen molar-refractivity contribution in [2.75, 3.05) is 19.8 Å². The summed E-state index contributed by atoms with van der Waals surface area (Å²) in [6.45, 7) is 4.47. The van der Waals surface area contributed by atoms with Gasteiger partial charge in [-0.25, -0.2) is 0 Å². The van der Waals surface area contributed by atoms with Gasteiger partial charge in [0.05, 0.1) is 18.8 Å². The highest BCUT2D eigenvalue weighted by Gasteiger charge is 2.38. The van der Waals surface area contributed by atoms with Gasteiger partial charge >= 0.3 is 0 Å². The largest absolute Gasteiger partial charge is 0.376 e. The third-order valence-corrected chi connectivity index (χ3v) is 4.11. The first kappa shape index (κ1) is 12.3. The maximum absolute atomic E-state index is 6.14. The summed E-state index contributed by atoms with van der Waals surface area (Å²) in [4.78, 5) is 0. The van der Waals surface area contributed by atoms with Gasteiger partial charge in [-0.3, -0.25) is 0 Å². The van der Waals surface area contributed by atoms with E-state index in [0.717, 1.165) is 32.0 Å². The lowest BCUT2D eigenvalue weighted by Crippen LogP contribution is -2.51. The average Bonchev–Trinajstić information content (AvgIpc) is 2.27. The van der Waals surface area contributed by atoms with Gasteiger partial charge in [-0.05, 0) is 31.6 Å². The summed E-state index contributed by atoms with van der Waals surface area (Å²) in [5.41, 5.74) is 5.89. The monoisotopic (exact) mass is 227 g/mol. The average molecular weight is 227 g/mol. The molecule has 0 aromatic heterocycles. The molecule has 94 valence electrons. The Labute approximate surface area is 98.7 Å². The molecular weight excluding hydrogens is 202 g/mol. The van der Waals surface area contributed by atoms with E-state index in [1.807, 2.05) is 0 Å². The van der Waals surface area contributed by atoms with Gasteiger partial charge in [0.15, 0.2) is 0 Å². The van der Waals surface area contributed by atoms with Crippen molar-refractivity contribution in [2.45, 2.75) is 57.2 Å². The minimum absolute atomic E-state index is 0.0291. The lowest BCUT2D eigenvalue weighted by molar-refractivity contribution is -0.200. The van der Waals surface area contributed by atoms with Gasteiger partial charge in [0.1, 0.15) is 6.10 Å². The van der Waals surface area contributed by atoms with Crippen molar-refractivity contribution in [3.05, 3.63) is 0 Å². The van der Waals surface area contributed by atoms with E-state index < -0.39 is 0 Å². The van der Waals surface area contributed by atoms with Crippen molar-refractivity contribution in [2.24, 2.45) is 11.7 Å². The fraction of sp³-hybridized carbons (Fsp3) is 1.00. The minimum atomic E-state index is -0.0291. The van der Waals surface area contributed by atoms with Crippen LogP contribution in [0.2, 0.25) is 0 Å². The molecule has 2 fully saturated rings. The second-order valence-electron chi connectivity index (χ2n) is 5.40. The smallest absolute Gasteiger partial charge is 0.105 e. The van der Waals surface area contributed by atoms with E-state index in [0.29, 0.717) is 12.6 Å². The Morgan fingerprint density at radius 1 is 1.31 bits per heavy atom. The summed E-state index contributed by atoms with van der Waals surface area (Å²) in [5.74, 6) is 0.908. The fourth-order valence-corrected chi connectivity index (χ4v) is 2.91. The number of ether oxygens (including phenoxy) is 2. The van der Waals surface area contributed by atoms with Crippen molar-refractivity contribution < 1.29 is 9.47 Å². The third-order valence-electron chi connectivity index (χ3n) is 4.11. The van der Waals surface area contributed by atoms with Gasteiger partial charge in [-0.1, -0.05) is 19.8 Å². The second-order valence-corrected chi connectivity index (χ2v) is 5.40. The van der Waals surface area contributed by atoms with Crippen LogP contribution < -0.4 is 5.73 Å². The molecule has 0 radical (unpaired) electrons. The molecule has 1 aliphatic carbocycles. The van der Waals surface area contributed by atoms with Crippen LogP contribution in [0, 0.1) is 5.92 Å². The lowest BCUT2D eigenvalue weighted by Gasteiger charge is -2.43. The molecule has 0 atom stereocenters. The quantitative estimate of drug-likeness (QED) is 0.782. The van der Waals surface area contributed by atoms with Gasteiger partial charge in [0.2, 0.25) is 0 Å². The molecule has 0 unspecified atom stereocenters. The maximum Gasteiger partial charge on any atom is 0.105 e. The van der Waals surface area contributed by atoms with Crippen LogP contribution >= 0.6 is 0 Å². The molecule has 1 heterocycles. The van der Waals surface area contributed by atoms with Crippen LogP contribution in [-0.2, 0) is 9.47 Å². The Balaban J connectivity index is 1.81. The molecule has 2 N–H and O–H groups in total. The summed E-state index contributed by atoms with van der Waals surface area (Å²) in [6.07, 6.45) is 7.85. The molecule has 0 aromatic rings. The van der Waals surface area contributed by atoms with Gasteiger partial charge < -0.3 is 15.2 Å². The van der Waals surface area contributed by atoms with Crippen LogP contribution in [0.15, 0.2) is 0 Å². The van der Waals surface area contributed by atoms with Crippen molar-refractivity contribution in [1.82, 2.24) is 0 Å². The first-order valence-corrected chi connectivity index (χ1v) is 6.73. The van der Waals surface area contributed by atoms with E-state index in [1.165, 1.54) is 25.7 Å². The van der Waals surface area contributed by atoms with E-state index in [-0.39, 0.29) is 5.60 Å². The molecule has 2 aliphatic rings. The molecule has 3 heteroatoms. The standard InChI is InChI=1S/C13H25NO2/c1-2-3-11-4-6-13(10-14,7-5-11)16-12-8-15-9-12/h11-12H,2-10,14H2,1H3. The minimum Gasteiger partial charge on any atom is -0.376 e. The van der Waals surface area contributed by atoms with Crippen LogP contribution in [0.25, 0.3) is 0 Å². The zero-order chi connectivity index (χ0) is 11.4. The highest BCUT2D eigenvalue weighted by atomic mass is 16.6. The molecule has 1 saturated heterocycles. The molecule has 1 aliphatic heterocycles. The van der Waals surface area contributed by atoms with Crippen molar-refractivity contribution in [1.29, 1.82) is 0 Å². The van der Waals surface area contributed by atoms with Crippen LogP contribution in [0.3, 0.4) is 0 Å². The molecule has 3 nitrogen and oxygen atoms in total. The number of hydrogen-bond donors (Lipinski definition) is 1. The summed E-state index contributed by atoms with van der Waals surface area (Å²) >= 11 is 0. The summed E-state index contributed by atoms with van der Waals surface area (Å²) in [5, 5.41) is 0. The highest BCUT2D eigenvalue weighted by Crippen LogP contribution is 2.37. The zero-order valence-corrected chi connectivity index (χ0v) is 10.4. The van der Waals surface area contributed by atoms with Crippen LogP contribution in [0.5, 0.6) is 0 Å². The lowest BCUT2D eigenvalue weighted by atomic mass is 9.77. The van der Waals surface area contributed by atoms with E-state index >= 15 is 0 Å². The molecule has 0 aromatic carbocycles. The van der Waals surface area contributed by atoms with Crippen LogP contribution in [-0.4, -0.2) is 31.5 Å². The van der Waals surface area contributed by atoms with E-state index in [2.05, 4.69) is 6.92 Å². The zero-order valence-electron chi connectivity index (χ0n) is 10.4. The maximum atomic E-state index is 6.14. The Bertz CT molecular complexity index is 208. The Kier molecular flexibility index (Phi) is 4.22. The number of nitrogens with two attached hydrogens (primary N) is 1. The Hall–Kier alpha value is -0.120. The third kappa shape index (κ3) is 2.76. The van der Waals surface area contributed by atoms with E-state index in [4.69, 9.17) is 15.2 Å². The van der Waals surface area contributed by atoms with Crippen molar-refractivity contribution in [3.8, 4) is 0 Å². The van der Waals surface area contributed by atoms with Crippen LogP contribution in [0.1, 0.15) is 45.4 Å². The SMILES string of the molecule is CCCC1CCC(CN)(OC2COC2)CC1. The molecule has 2 rings (SSSR count). The number of rotatable bonds is 5. The predicted octanol–water partition coefficient (Wildman–Crippen LogP) is 2.09. The Morgan fingerprint density at radius 2 is 2.00 bits per heavy atom. The van der Waals surface area contributed by atoms with Crippen molar-refractivity contribution in [3.63, 3.8) is 0 Å². The normalized spacial score (nSPS) is 36.0. The molecule has 0 bridgehead atoms. The summed E-state index contributed by atoms with van der Waals surface area (Å²) in [6, 6.07) is 0. The predicted molar refractivity (Wildman–Crippen MR) is 64.3 cm³/mol.